The van der Waals surface area contributed by atoms with Crippen LogP contribution in [0.25, 0.3) is 0 Å². The molecule has 0 radical (unpaired) electrons. The molecule has 2 aliphatic heterocycles. The van der Waals surface area contributed by atoms with E-state index >= 15 is 0 Å². The minimum Gasteiger partial charge on any atom is -0.341 e. The van der Waals surface area contributed by atoms with Gasteiger partial charge in [-0.15, -0.1) is 0 Å². The molecule has 1 unspecified atom stereocenters. The number of hydrogen-bond acceptors (Lipinski definition) is 7. The molecule has 1 N–H and O–H groups in total. The fourth-order valence-corrected chi connectivity index (χ4v) is 3.98. The van der Waals surface area contributed by atoms with Crippen molar-refractivity contribution in [2.24, 2.45) is 11.0 Å². The molecule has 0 aliphatic carbocycles. The highest BCUT2D eigenvalue weighted by Crippen LogP contribution is 2.32. The average molecular weight is 422 g/mol. The largest absolute Gasteiger partial charge is 0.341 e. The normalized spacial score (nSPS) is 19.1. The molecule has 2 aliphatic rings. The van der Waals surface area contributed by atoms with Gasteiger partial charge in [-0.1, -0.05) is 30.3 Å². The monoisotopic (exact) mass is 421 g/mol. The number of aromatic nitrogens is 2. The number of hydrogen-bond donors (Lipinski definition) is 1. The van der Waals surface area contributed by atoms with Crippen LogP contribution in [-0.4, -0.2) is 65.2 Å². The first-order valence-corrected chi connectivity index (χ1v) is 10.5. The zero-order valence-corrected chi connectivity index (χ0v) is 17.8. The Labute approximate surface area is 181 Å². The predicted molar refractivity (Wildman–Crippen MR) is 117 cm³/mol. The fourth-order valence-electron chi connectivity index (χ4n) is 3.98. The molecule has 1 saturated heterocycles. The summed E-state index contributed by atoms with van der Waals surface area (Å²) in [5, 5.41) is 7.60. The number of amides is 2. The summed E-state index contributed by atoms with van der Waals surface area (Å²) < 4.78 is 0. The molecule has 1 atom stereocenters. The Morgan fingerprint density at radius 1 is 1.10 bits per heavy atom. The van der Waals surface area contributed by atoms with Crippen molar-refractivity contribution in [3.63, 3.8) is 0 Å². The third kappa shape index (κ3) is 4.72. The second-order valence-corrected chi connectivity index (χ2v) is 7.98. The lowest BCUT2D eigenvalue weighted by Crippen LogP contribution is -2.42. The maximum absolute atomic E-state index is 13.2. The minimum atomic E-state index is -0.280. The van der Waals surface area contributed by atoms with Crippen molar-refractivity contribution in [1.82, 2.24) is 25.4 Å². The number of benzene rings is 1. The Kier molecular flexibility index (Phi) is 6.22. The molecule has 1 aromatic carbocycles. The van der Waals surface area contributed by atoms with Crippen LogP contribution in [0.1, 0.15) is 41.4 Å². The molecule has 0 spiro atoms. The molecular formula is C22H27N7O2. The van der Waals surface area contributed by atoms with E-state index in [4.69, 9.17) is 0 Å². The molecule has 162 valence electrons. The molecule has 31 heavy (non-hydrogen) atoms. The first-order chi connectivity index (χ1) is 15.0. The first-order valence-electron chi connectivity index (χ1n) is 10.5. The van der Waals surface area contributed by atoms with Gasteiger partial charge in [0.2, 0.25) is 11.9 Å². The van der Waals surface area contributed by atoms with E-state index in [-0.39, 0.29) is 23.8 Å². The topological polar surface area (TPSA) is 94.0 Å². The molecule has 0 saturated carbocycles. The Balaban J connectivity index is 1.38. The lowest BCUT2D eigenvalue weighted by Gasteiger charge is -2.33. The number of anilines is 1. The van der Waals surface area contributed by atoms with E-state index < -0.39 is 0 Å². The van der Waals surface area contributed by atoms with E-state index in [9.17, 15) is 9.59 Å². The highest BCUT2D eigenvalue weighted by Gasteiger charge is 2.35. The van der Waals surface area contributed by atoms with E-state index in [1.165, 1.54) is 0 Å². The number of hydrazine groups is 1. The summed E-state index contributed by atoms with van der Waals surface area (Å²) in [5.74, 6) is 0.219. The number of rotatable bonds is 5. The van der Waals surface area contributed by atoms with Gasteiger partial charge in [-0.05, 0) is 24.5 Å². The van der Waals surface area contributed by atoms with Crippen molar-refractivity contribution >= 4 is 24.0 Å². The lowest BCUT2D eigenvalue weighted by atomic mass is 9.94. The van der Waals surface area contributed by atoms with Gasteiger partial charge in [0, 0.05) is 51.9 Å². The zero-order valence-electron chi connectivity index (χ0n) is 17.8. The Hall–Kier alpha value is -3.33. The summed E-state index contributed by atoms with van der Waals surface area (Å²) in [6.07, 6.45) is 5.55. The minimum absolute atomic E-state index is 0.0260. The van der Waals surface area contributed by atoms with E-state index in [0.717, 1.165) is 12.0 Å². The van der Waals surface area contributed by atoms with E-state index in [2.05, 4.69) is 20.5 Å². The van der Waals surface area contributed by atoms with Crippen molar-refractivity contribution in [1.29, 1.82) is 0 Å². The van der Waals surface area contributed by atoms with Crippen LogP contribution in [0.3, 0.4) is 0 Å². The van der Waals surface area contributed by atoms with Crippen molar-refractivity contribution in [2.75, 3.05) is 32.1 Å². The number of piperidine rings is 1. The van der Waals surface area contributed by atoms with Gasteiger partial charge < -0.3 is 4.90 Å². The first kappa shape index (κ1) is 20.9. The highest BCUT2D eigenvalue weighted by atomic mass is 16.2. The van der Waals surface area contributed by atoms with Crippen LogP contribution < -0.4 is 10.3 Å². The number of carbonyl (C=O) groups is 2. The van der Waals surface area contributed by atoms with Gasteiger partial charge in [0.25, 0.3) is 5.91 Å². The third-order valence-electron chi connectivity index (χ3n) is 5.57. The number of nitrogens with zero attached hydrogens (tertiary/aromatic N) is 6. The Morgan fingerprint density at radius 2 is 1.84 bits per heavy atom. The number of nitrogens with one attached hydrogen (secondary N) is 1. The standard InChI is InChI=1S/C22H27N7O2/c1-27(2)26-20(30)18-8-12-23-22(25-18)28-14-10-17(11-15-28)21(31)29-19(9-13-24-29)16-6-4-3-5-7-16/h3-8,12-13,17,19H,9-11,14-15H2,1-2H3,(H,26,30). The van der Waals surface area contributed by atoms with Crippen LogP contribution in [0.15, 0.2) is 47.7 Å². The maximum atomic E-state index is 13.2. The molecule has 1 aromatic heterocycles. The lowest BCUT2D eigenvalue weighted by molar-refractivity contribution is -0.138. The van der Waals surface area contributed by atoms with Crippen LogP contribution in [0.2, 0.25) is 0 Å². The molecule has 2 amide bonds. The summed E-state index contributed by atoms with van der Waals surface area (Å²) in [6.45, 7) is 1.31. The quantitative estimate of drug-likeness (QED) is 0.741. The summed E-state index contributed by atoms with van der Waals surface area (Å²) in [7, 11) is 3.49. The number of carbonyl (C=O) groups excluding carboxylic acids is 2. The fraction of sp³-hybridized carbons (Fsp3) is 0.409. The van der Waals surface area contributed by atoms with Gasteiger partial charge in [0.15, 0.2) is 0 Å². The molecule has 0 bridgehead atoms. The second-order valence-electron chi connectivity index (χ2n) is 7.98. The highest BCUT2D eigenvalue weighted by molar-refractivity contribution is 5.92. The van der Waals surface area contributed by atoms with Crippen molar-refractivity contribution in [3.8, 4) is 0 Å². The third-order valence-corrected chi connectivity index (χ3v) is 5.57. The van der Waals surface area contributed by atoms with Crippen molar-refractivity contribution < 1.29 is 9.59 Å². The second kappa shape index (κ2) is 9.22. The van der Waals surface area contributed by atoms with E-state index in [0.29, 0.717) is 37.6 Å². The molecule has 1 fully saturated rings. The Bertz CT molecular complexity index is 955. The van der Waals surface area contributed by atoms with Gasteiger partial charge in [-0.2, -0.15) is 5.10 Å². The summed E-state index contributed by atoms with van der Waals surface area (Å²) in [5.41, 5.74) is 4.10. The zero-order chi connectivity index (χ0) is 21.8. The molecule has 9 nitrogen and oxygen atoms in total. The molecule has 3 heterocycles. The number of hydrazone groups is 1. The SMILES string of the molecule is CN(C)NC(=O)c1ccnc(N2CCC(C(=O)N3N=CCC3c3ccccc3)CC2)n1. The maximum Gasteiger partial charge on any atom is 0.284 e. The Morgan fingerprint density at radius 3 is 2.55 bits per heavy atom. The van der Waals surface area contributed by atoms with Crippen LogP contribution in [0.4, 0.5) is 5.95 Å². The summed E-state index contributed by atoms with van der Waals surface area (Å²) in [6, 6.07) is 11.6. The van der Waals surface area contributed by atoms with E-state index in [1.54, 1.807) is 36.4 Å². The summed E-state index contributed by atoms with van der Waals surface area (Å²) >= 11 is 0. The van der Waals surface area contributed by atoms with E-state index in [1.807, 2.05) is 41.4 Å². The van der Waals surface area contributed by atoms with Gasteiger partial charge >= 0.3 is 0 Å². The van der Waals surface area contributed by atoms with Crippen LogP contribution in [0, 0.1) is 5.92 Å². The predicted octanol–water partition coefficient (Wildman–Crippen LogP) is 1.86. The van der Waals surface area contributed by atoms with Crippen molar-refractivity contribution in [2.45, 2.75) is 25.3 Å². The molecular weight excluding hydrogens is 394 g/mol. The summed E-state index contributed by atoms with van der Waals surface area (Å²) in [4.78, 5) is 36.1. The van der Waals surface area contributed by atoms with Gasteiger partial charge in [-0.3, -0.25) is 15.0 Å². The van der Waals surface area contributed by atoms with Gasteiger partial charge in [0.05, 0.1) is 6.04 Å². The molecule has 4 rings (SSSR count). The van der Waals surface area contributed by atoms with Crippen LogP contribution >= 0.6 is 0 Å². The smallest absolute Gasteiger partial charge is 0.284 e. The van der Waals surface area contributed by atoms with Crippen LogP contribution in [0.5, 0.6) is 0 Å². The molecule has 9 heteroatoms. The molecule has 2 aromatic rings. The van der Waals surface area contributed by atoms with Crippen LogP contribution in [-0.2, 0) is 4.79 Å². The average Bonchev–Trinajstić information content (AvgIpc) is 3.29. The van der Waals surface area contributed by atoms with Crippen molar-refractivity contribution in [3.05, 3.63) is 53.9 Å². The van der Waals surface area contributed by atoms with Gasteiger partial charge in [0.1, 0.15) is 5.69 Å². The van der Waals surface area contributed by atoms with Gasteiger partial charge in [-0.25, -0.2) is 20.0 Å².